The van der Waals surface area contributed by atoms with Gasteiger partial charge in [-0.25, -0.2) is 8.42 Å². The zero-order valence-corrected chi connectivity index (χ0v) is 17.0. The molecule has 1 saturated heterocycles. The van der Waals surface area contributed by atoms with Gasteiger partial charge >= 0.3 is 0 Å². The van der Waals surface area contributed by atoms with E-state index in [-0.39, 0.29) is 10.8 Å². The third-order valence-electron chi connectivity index (χ3n) is 5.72. The average Bonchev–Trinajstić information content (AvgIpc) is 2.74. The fourth-order valence-corrected chi connectivity index (χ4v) is 5.75. The van der Waals surface area contributed by atoms with Crippen molar-refractivity contribution in [3.63, 3.8) is 0 Å². The zero-order valence-electron chi connectivity index (χ0n) is 16.2. The second-order valence-electron chi connectivity index (χ2n) is 7.63. The van der Waals surface area contributed by atoms with Crippen LogP contribution in [0.4, 0.5) is 5.69 Å². The van der Waals surface area contributed by atoms with Gasteiger partial charge in [0, 0.05) is 25.2 Å². The number of fused-ring (bicyclic) bond motifs is 1. The molecular formula is C22H26N2O3S. The van der Waals surface area contributed by atoms with E-state index < -0.39 is 10.0 Å². The molecule has 2 heterocycles. The Hall–Kier alpha value is -2.18. The number of amides is 1. The molecule has 0 atom stereocenters. The minimum Gasteiger partial charge on any atom is -0.308 e. The molecule has 2 aromatic carbocycles. The molecule has 0 saturated carbocycles. The van der Waals surface area contributed by atoms with Crippen LogP contribution in [0.15, 0.2) is 47.4 Å². The number of hydrogen-bond acceptors (Lipinski definition) is 3. The summed E-state index contributed by atoms with van der Waals surface area (Å²) in [5.41, 5.74) is 3.82. The first kappa shape index (κ1) is 19.2. The smallest absolute Gasteiger partial charge is 0.258 e. The predicted octanol–water partition coefficient (Wildman–Crippen LogP) is 3.76. The Balaban J connectivity index is 1.59. The molecule has 148 valence electrons. The fraction of sp³-hybridized carbons (Fsp3) is 0.409. The third-order valence-corrected chi connectivity index (χ3v) is 7.63. The number of anilines is 1. The zero-order chi connectivity index (χ0) is 19.7. The van der Waals surface area contributed by atoms with E-state index >= 15 is 0 Å². The second-order valence-corrected chi connectivity index (χ2v) is 9.57. The third kappa shape index (κ3) is 3.47. The van der Waals surface area contributed by atoms with Gasteiger partial charge in [-0.3, -0.25) is 4.79 Å². The minimum atomic E-state index is -3.48. The van der Waals surface area contributed by atoms with Crippen molar-refractivity contribution >= 4 is 21.6 Å². The van der Waals surface area contributed by atoms with Crippen LogP contribution in [-0.4, -0.2) is 38.3 Å². The highest BCUT2D eigenvalue weighted by Gasteiger charge is 2.28. The number of carbonyl (C=O) groups excluding carboxylic acids is 1. The Bertz CT molecular complexity index is 977. The highest BCUT2D eigenvalue weighted by Crippen LogP contribution is 2.32. The van der Waals surface area contributed by atoms with Crippen LogP contribution in [0.1, 0.15) is 47.2 Å². The molecule has 0 bridgehead atoms. The number of para-hydroxylation sites is 1. The maximum absolute atomic E-state index is 13.1. The molecule has 0 unspecified atom stereocenters. The molecule has 6 heteroatoms. The fourth-order valence-electron chi connectivity index (χ4n) is 4.23. The van der Waals surface area contributed by atoms with E-state index in [4.69, 9.17) is 0 Å². The molecule has 4 rings (SSSR count). The second kappa shape index (κ2) is 7.68. The van der Waals surface area contributed by atoms with Crippen molar-refractivity contribution < 1.29 is 13.2 Å². The topological polar surface area (TPSA) is 57.7 Å². The summed E-state index contributed by atoms with van der Waals surface area (Å²) in [6, 6.07) is 12.6. The van der Waals surface area contributed by atoms with Crippen molar-refractivity contribution in [3.05, 3.63) is 59.2 Å². The largest absolute Gasteiger partial charge is 0.308 e. The van der Waals surface area contributed by atoms with Crippen LogP contribution < -0.4 is 4.90 Å². The summed E-state index contributed by atoms with van der Waals surface area (Å²) in [5, 5.41) is 0. The summed E-state index contributed by atoms with van der Waals surface area (Å²) in [6.07, 6.45) is 4.81. The molecule has 0 aliphatic carbocycles. The summed E-state index contributed by atoms with van der Waals surface area (Å²) in [4.78, 5) is 15.2. The van der Waals surface area contributed by atoms with Gasteiger partial charge in [0.2, 0.25) is 10.0 Å². The van der Waals surface area contributed by atoms with Crippen LogP contribution in [0.2, 0.25) is 0 Å². The van der Waals surface area contributed by atoms with Crippen molar-refractivity contribution in [3.8, 4) is 0 Å². The summed E-state index contributed by atoms with van der Waals surface area (Å²) in [6.45, 7) is 3.86. The lowest BCUT2D eigenvalue weighted by molar-refractivity contribution is 0.0985. The van der Waals surface area contributed by atoms with E-state index in [1.54, 1.807) is 28.6 Å². The monoisotopic (exact) mass is 398 g/mol. The highest BCUT2D eigenvalue weighted by atomic mass is 32.2. The average molecular weight is 399 g/mol. The number of carbonyl (C=O) groups is 1. The maximum atomic E-state index is 13.1. The molecule has 2 aromatic rings. The van der Waals surface area contributed by atoms with E-state index in [0.717, 1.165) is 43.4 Å². The SMILES string of the molecule is Cc1cccc2c1N(C(=O)c1ccc(S(=O)(=O)N3CCCCC3)cc1)CCC2. The highest BCUT2D eigenvalue weighted by molar-refractivity contribution is 7.89. The van der Waals surface area contributed by atoms with E-state index in [1.807, 2.05) is 24.0 Å². The number of rotatable bonds is 3. The molecule has 0 N–H and O–H groups in total. The van der Waals surface area contributed by atoms with Crippen molar-refractivity contribution in [1.29, 1.82) is 0 Å². The molecule has 5 nitrogen and oxygen atoms in total. The van der Waals surface area contributed by atoms with Crippen molar-refractivity contribution in [2.45, 2.75) is 43.9 Å². The van der Waals surface area contributed by atoms with Gasteiger partial charge in [0.05, 0.1) is 10.6 Å². The van der Waals surface area contributed by atoms with Crippen LogP contribution in [0.25, 0.3) is 0 Å². The van der Waals surface area contributed by atoms with Crippen LogP contribution >= 0.6 is 0 Å². The normalized spacial score (nSPS) is 18.0. The maximum Gasteiger partial charge on any atom is 0.258 e. The lowest BCUT2D eigenvalue weighted by Gasteiger charge is -2.31. The lowest BCUT2D eigenvalue weighted by Crippen LogP contribution is -2.36. The summed E-state index contributed by atoms with van der Waals surface area (Å²) >= 11 is 0. The van der Waals surface area contributed by atoms with Crippen LogP contribution in [0, 0.1) is 6.92 Å². The Morgan fingerprint density at radius 2 is 1.61 bits per heavy atom. The number of hydrogen-bond donors (Lipinski definition) is 0. The summed E-state index contributed by atoms with van der Waals surface area (Å²) < 4.78 is 27.2. The van der Waals surface area contributed by atoms with E-state index in [0.29, 0.717) is 25.2 Å². The van der Waals surface area contributed by atoms with Crippen LogP contribution in [0.5, 0.6) is 0 Å². The lowest BCUT2D eigenvalue weighted by atomic mass is 9.97. The van der Waals surface area contributed by atoms with Gasteiger partial charge in [-0.1, -0.05) is 24.6 Å². The van der Waals surface area contributed by atoms with Crippen LogP contribution in [-0.2, 0) is 16.4 Å². The number of nitrogens with zero attached hydrogens (tertiary/aromatic N) is 2. The summed E-state index contributed by atoms with van der Waals surface area (Å²) in [5.74, 6) is -0.0721. The van der Waals surface area contributed by atoms with Gasteiger partial charge in [0.25, 0.3) is 5.91 Å². The van der Waals surface area contributed by atoms with Crippen LogP contribution in [0.3, 0.4) is 0 Å². The molecule has 0 radical (unpaired) electrons. The van der Waals surface area contributed by atoms with Gasteiger partial charge in [-0.15, -0.1) is 0 Å². The predicted molar refractivity (Wildman–Crippen MR) is 110 cm³/mol. The van der Waals surface area contributed by atoms with Crippen molar-refractivity contribution in [1.82, 2.24) is 4.31 Å². The van der Waals surface area contributed by atoms with Gasteiger partial charge in [-0.2, -0.15) is 4.31 Å². The Kier molecular flexibility index (Phi) is 5.25. The van der Waals surface area contributed by atoms with E-state index in [2.05, 4.69) is 6.07 Å². The molecule has 28 heavy (non-hydrogen) atoms. The van der Waals surface area contributed by atoms with E-state index in [9.17, 15) is 13.2 Å². The van der Waals surface area contributed by atoms with Crippen molar-refractivity contribution in [2.75, 3.05) is 24.5 Å². The Morgan fingerprint density at radius 3 is 2.32 bits per heavy atom. The quantitative estimate of drug-likeness (QED) is 0.791. The molecule has 0 aromatic heterocycles. The number of sulfonamides is 1. The molecule has 1 fully saturated rings. The first-order chi connectivity index (χ1) is 13.5. The van der Waals surface area contributed by atoms with Gasteiger partial charge < -0.3 is 4.90 Å². The molecule has 1 amide bonds. The number of benzene rings is 2. The number of aryl methyl sites for hydroxylation is 2. The molecule has 0 spiro atoms. The van der Waals surface area contributed by atoms with Gasteiger partial charge in [0.15, 0.2) is 0 Å². The van der Waals surface area contributed by atoms with Crippen molar-refractivity contribution in [2.24, 2.45) is 0 Å². The standard InChI is InChI=1S/C22H26N2O3S/c1-17-7-5-8-18-9-6-16-24(21(17)18)22(25)19-10-12-20(13-11-19)28(26,27)23-14-3-2-4-15-23/h5,7-8,10-13H,2-4,6,9,14-16H2,1H3. The molecule has 2 aliphatic rings. The molecular weight excluding hydrogens is 372 g/mol. The Morgan fingerprint density at radius 1 is 0.893 bits per heavy atom. The first-order valence-corrected chi connectivity index (χ1v) is 11.4. The molecule has 2 aliphatic heterocycles. The minimum absolute atomic E-state index is 0.0721. The van der Waals surface area contributed by atoms with Gasteiger partial charge in [0.1, 0.15) is 0 Å². The first-order valence-electron chi connectivity index (χ1n) is 9.99. The number of piperidine rings is 1. The summed E-state index contributed by atoms with van der Waals surface area (Å²) in [7, 11) is -3.48. The van der Waals surface area contributed by atoms with Gasteiger partial charge in [-0.05, 0) is 68.0 Å². The van der Waals surface area contributed by atoms with E-state index in [1.165, 1.54) is 5.56 Å². The Labute approximate surface area is 167 Å².